The SMILES string of the molecule is COCCC(C)NCc1cc(I)c(OC)c(OC)c1. The molecule has 4 nitrogen and oxygen atoms in total. The molecule has 108 valence electrons. The predicted molar refractivity (Wildman–Crippen MR) is 85.1 cm³/mol. The van der Waals surface area contributed by atoms with E-state index in [0.717, 1.165) is 34.6 Å². The van der Waals surface area contributed by atoms with Gasteiger partial charge in [0.25, 0.3) is 0 Å². The summed E-state index contributed by atoms with van der Waals surface area (Å²) in [6, 6.07) is 4.54. The van der Waals surface area contributed by atoms with Gasteiger partial charge in [0.2, 0.25) is 0 Å². The van der Waals surface area contributed by atoms with E-state index < -0.39 is 0 Å². The molecular formula is C14H22INO3. The van der Waals surface area contributed by atoms with Crippen LogP contribution in [0.5, 0.6) is 11.5 Å². The summed E-state index contributed by atoms with van der Waals surface area (Å²) >= 11 is 2.26. The lowest BCUT2D eigenvalue weighted by Gasteiger charge is -2.15. The van der Waals surface area contributed by atoms with E-state index in [-0.39, 0.29) is 0 Å². The number of methoxy groups -OCH3 is 3. The van der Waals surface area contributed by atoms with Gasteiger partial charge in [0.1, 0.15) is 0 Å². The molecule has 1 unspecified atom stereocenters. The van der Waals surface area contributed by atoms with E-state index in [9.17, 15) is 0 Å². The van der Waals surface area contributed by atoms with E-state index in [4.69, 9.17) is 14.2 Å². The molecule has 0 spiro atoms. The predicted octanol–water partition coefficient (Wildman–Crippen LogP) is 2.82. The van der Waals surface area contributed by atoms with Gasteiger partial charge in [-0.2, -0.15) is 0 Å². The lowest BCUT2D eigenvalue weighted by atomic mass is 10.1. The summed E-state index contributed by atoms with van der Waals surface area (Å²) in [7, 11) is 5.04. The Morgan fingerprint density at radius 1 is 1.21 bits per heavy atom. The van der Waals surface area contributed by atoms with Crippen molar-refractivity contribution in [1.82, 2.24) is 5.32 Å². The molecule has 0 heterocycles. The molecular weight excluding hydrogens is 357 g/mol. The molecule has 1 N–H and O–H groups in total. The van der Waals surface area contributed by atoms with E-state index in [1.54, 1.807) is 21.3 Å². The van der Waals surface area contributed by atoms with Crippen LogP contribution in [0.25, 0.3) is 0 Å². The Hall–Kier alpha value is -0.530. The summed E-state index contributed by atoms with van der Waals surface area (Å²) in [5.74, 6) is 1.56. The monoisotopic (exact) mass is 379 g/mol. The maximum Gasteiger partial charge on any atom is 0.174 e. The highest BCUT2D eigenvalue weighted by atomic mass is 127. The summed E-state index contributed by atoms with van der Waals surface area (Å²) in [4.78, 5) is 0. The lowest BCUT2D eigenvalue weighted by Crippen LogP contribution is -2.26. The third-order valence-corrected chi connectivity index (χ3v) is 3.70. The van der Waals surface area contributed by atoms with Crippen molar-refractivity contribution >= 4 is 22.6 Å². The van der Waals surface area contributed by atoms with E-state index in [0.29, 0.717) is 6.04 Å². The van der Waals surface area contributed by atoms with Crippen LogP contribution in [0, 0.1) is 3.57 Å². The van der Waals surface area contributed by atoms with Crippen LogP contribution < -0.4 is 14.8 Å². The van der Waals surface area contributed by atoms with Gasteiger partial charge in [0.05, 0.1) is 17.8 Å². The normalized spacial score (nSPS) is 12.3. The molecule has 0 radical (unpaired) electrons. The molecule has 0 saturated carbocycles. The van der Waals surface area contributed by atoms with Crippen molar-refractivity contribution in [1.29, 1.82) is 0 Å². The average Bonchev–Trinajstić information content (AvgIpc) is 2.42. The zero-order valence-electron chi connectivity index (χ0n) is 12.0. The van der Waals surface area contributed by atoms with E-state index in [1.165, 1.54) is 5.56 Å². The fourth-order valence-electron chi connectivity index (χ4n) is 1.76. The highest BCUT2D eigenvalue weighted by Crippen LogP contribution is 2.33. The van der Waals surface area contributed by atoms with Crippen LogP contribution in [-0.4, -0.2) is 34.0 Å². The van der Waals surface area contributed by atoms with Crippen LogP contribution in [0.3, 0.4) is 0 Å². The van der Waals surface area contributed by atoms with Crippen molar-refractivity contribution in [3.8, 4) is 11.5 Å². The van der Waals surface area contributed by atoms with Gasteiger partial charge in [-0.25, -0.2) is 0 Å². The molecule has 0 fully saturated rings. The Bertz CT molecular complexity index is 399. The third-order valence-electron chi connectivity index (χ3n) is 2.90. The Balaban J connectivity index is 2.66. The van der Waals surface area contributed by atoms with Crippen molar-refractivity contribution in [3.63, 3.8) is 0 Å². The van der Waals surface area contributed by atoms with Crippen LogP contribution in [0.2, 0.25) is 0 Å². The number of ether oxygens (including phenoxy) is 3. The van der Waals surface area contributed by atoms with Gasteiger partial charge in [-0.15, -0.1) is 0 Å². The maximum atomic E-state index is 5.35. The number of benzene rings is 1. The quantitative estimate of drug-likeness (QED) is 0.706. The van der Waals surface area contributed by atoms with Crippen molar-refractivity contribution in [2.75, 3.05) is 27.9 Å². The lowest BCUT2D eigenvalue weighted by molar-refractivity contribution is 0.184. The molecule has 5 heteroatoms. The minimum Gasteiger partial charge on any atom is -0.493 e. The molecule has 19 heavy (non-hydrogen) atoms. The highest BCUT2D eigenvalue weighted by molar-refractivity contribution is 14.1. The molecule has 1 atom stereocenters. The second-order valence-corrected chi connectivity index (χ2v) is 5.54. The van der Waals surface area contributed by atoms with E-state index >= 15 is 0 Å². The van der Waals surface area contributed by atoms with Gasteiger partial charge in [0.15, 0.2) is 11.5 Å². The minimum atomic E-state index is 0.422. The summed E-state index contributed by atoms with van der Waals surface area (Å²) in [6.07, 6.45) is 1.00. The molecule has 0 amide bonds. The van der Waals surface area contributed by atoms with Crippen molar-refractivity contribution in [2.24, 2.45) is 0 Å². The number of halogens is 1. The second kappa shape index (κ2) is 8.60. The molecule has 0 aliphatic heterocycles. The summed E-state index contributed by atoms with van der Waals surface area (Å²) < 4.78 is 16.8. The number of nitrogens with one attached hydrogen (secondary N) is 1. The molecule has 0 bridgehead atoms. The first-order chi connectivity index (χ1) is 9.12. The van der Waals surface area contributed by atoms with Gasteiger partial charge >= 0.3 is 0 Å². The first-order valence-electron chi connectivity index (χ1n) is 6.25. The fraction of sp³-hybridized carbons (Fsp3) is 0.571. The highest BCUT2D eigenvalue weighted by Gasteiger charge is 2.11. The molecule has 1 rings (SSSR count). The molecule has 0 saturated heterocycles. The van der Waals surface area contributed by atoms with Crippen LogP contribution >= 0.6 is 22.6 Å². The topological polar surface area (TPSA) is 39.7 Å². The first-order valence-corrected chi connectivity index (χ1v) is 7.33. The second-order valence-electron chi connectivity index (χ2n) is 4.38. The largest absolute Gasteiger partial charge is 0.493 e. The van der Waals surface area contributed by atoms with Crippen LogP contribution in [0.15, 0.2) is 12.1 Å². The Labute approximate surface area is 129 Å². The Kier molecular flexibility index (Phi) is 7.48. The van der Waals surface area contributed by atoms with Crippen LogP contribution in [0.1, 0.15) is 18.9 Å². The molecule has 1 aromatic rings. The first kappa shape index (κ1) is 16.5. The minimum absolute atomic E-state index is 0.422. The van der Waals surface area contributed by atoms with Crippen LogP contribution in [-0.2, 0) is 11.3 Å². The van der Waals surface area contributed by atoms with Crippen molar-refractivity contribution in [2.45, 2.75) is 25.9 Å². The van der Waals surface area contributed by atoms with Gasteiger partial charge in [-0.3, -0.25) is 0 Å². The van der Waals surface area contributed by atoms with Crippen LogP contribution in [0.4, 0.5) is 0 Å². The maximum absolute atomic E-state index is 5.35. The molecule has 0 aliphatic carbocycles. The molecule has 1 aromatic carbocycles. The standard InChI is InChI=1S/C14H22INO3/c1-10(5-6-17-2)16-9-11-7-12(15)14(19-4)13(8-11)18-3/h7-8,10,16H,5-6,9H2,1-4H3. The zero-order chi connectivity index (χ0) is 14.3. The van der Waals surface area contributed by atoms with Gasteiger partial charge in [-0.05, 0) is 53.6 Å². The summed E-state index contributed by atoms with van der Waals surface area (Å²) in [5, 5.41) is 3.47. The Morgan fingerprint density at radius 3 is 2.53 bits per heavy atom. The van der Waals surface area contributed by atoms with Gasteiger partial charge in [0, 0.05) is 26.3 Å². The number of hydrogen-bond acceptors (Lipinski definition) is 4. The zero-order valence-corrected chi connectivity index (χ0v) is 14.1. The fourth-order valence-corrected chi connectivity index (χ4v) is 2.65. The van der Waals surface area contributed by atoms with E-state index in [1.807, 2.05) is 6.07 Å². The van der Waals surface area contributed by atoms with Crippen molar-refractivity contribution < 1.29 is 14.2 Å². The smallest absolute Gasteiger partial charge is 0.174 e. The Morgan fingerprint density at radius 2 is 1.95 bits per heavy atom. The molecule has 0 aromatic heterocycles. The van der Waals surface area contributed by atoms with Gasteiger partial charge in [-0.1, -0.05) is 0 Å². The summed E-state index contributed by atoms with van der Waals surface area (Å²) in [6.45, 7) is 3.74. The average molecular weight is 379 g/mol. The van der Waals surface area contributed by atoms with Crippen molar-refractivity contribution in [3.05, 3.63) is 21.3 Å². The number of hydrogen-bond donors (Lipinski definition) is 1. The van der Waals surface area contributed by atoms with Gasteiger partial charge < -0.3 is 19.5 Å². The third kappa shape index (κ3) is 5.16. The number of rotatable bonds is 8. The van der Waals surface area contributed by atoms with E-state index in [2.05, 4.69) is 40.9 Å². The molecule has 0 aliphatic rings. The summed E-state index contributed by atoms with van der Waals surface area (Å²) in [5.41, 5.74) is 1.19.